The van der Waals surface area contributed by atoms with Gasteiger partial charge in [0.05, 0.1) is 7.11 Å². The van der Waals surface area contributed by atoms with E-state index in [0.717, 1.165) is 38.2 Å². The molecule has 1 aliphatic heterocycles. The van der Waals surface area contributed by atoms with Crippen LogP contribution in [0.25, 0.3) is 0 Å². The minimum Gasteiger partial charge on any atom is -0.481 e. The highest BCUT2D eigenvalue weighted by Crippen LogP contribution is 2.13. The summed E-state index contributed by atoms with van der Waals surface area (Å²) in [6, 6.07) is 1.82. The molecule has 1 aromatic rings. The number of hydrogen-bond acceptors (Lipinski definition) is 5. The van der Waals surface area contributed by atoms with Crippen molar-refractivity contribution in [1.82, 2.24) is 15.3 Å². The van der Waals surface area contributed by atoms with Crippen molar-refractivity contribution in [3.05, 3.63) is 23.4 Å². The maximum atomic E-state index is 5.12. The summed E-state index contributed by atoms with van der Waals surface area (Å²) in [5.74, 6) is 1.24. The lowest BCUT2D eigenvalue weighted by atomic mass is 10.1. The highest BCUT2D eigenvalue weighted by atomic mass is 16.5. The van der Waals surface area contributed by atoms with Gasteiger partial charge < -0.3 is 15.4 Å². The van der Waals surface area contributed by atoms with Crippen LogP contribution in [0.5, 0.6) is 5.88 Å². The molecule has 2 heterocycles. The number of anilines is 1. The molecule has 0 saturated heterocycles. The van der Waals surface area contributed by atoms with Crippen LogP contribution in [0.1, 0.15) is 18.5 Å². The molecule has 0 aromatic carbocycles. The average molecular weight is 248 g/mol. The molecule has 18 heavy (non-hydrogen) atoms. The fourth-order valence-corrected chi connectivity index (χ4v) is 1.95. The summed E-state index contributed by atoms with van der Waals surface area (Å²) in [6.45, 7) is 4.87. The largest absolute Gasteiger partial charge is 0.481 e. The molecule has 0 aliphatic carbocycles. The maximum absolute atomic E-state index is 5.12. The summed E-state index contributed by atoms with van der Waals surface area (Å²) >= 11 is 0. The molecule has 5 heteroatoms. The Morgan fingerprint density at radius 3 is 3.06 bits per heavy atom. The zero-order valence-electron chi connectivity index (χ0n) is 11.0. The number of rotatable bonds is 5. The highest BCUT2D eigenvalue weighted by Gasteiger charge is 2.04. The normalized spacial score (nSPS) is 15.1. The predicted molar refractivity (Wildman–Crippen MR) is 72.0 cm³/mol. The highest BCUT2D eigenvalue weighted by molar-refractivity contribution is 5.30. The molecule has 0 spiro atoms. The fraction of sp³-hybridized carbons (Fsp3) is 0.538. The second-order valence-electron chi connectivity index (χ2n) is 4.37. The van der Waals surface area contributed by atoms with Crippen LogP contribution in [-0.4, -0.2) is 36.7 Å². The Labute approximate surface area is 108 Å². The zero-order valence-corrected chi connectivity index (χ0v) is 11.0. The van der Waals surface area contributed by atoms with Crippen molar-refractivity contribution in [2.24, 2.45) is 0 Å². The van der Waals surface area contributed by atoms with Gasteiger partial charge in [-0.15, -0.1) is 0 Å². The van der Waals surface area contributed by atoms with E-state index in [4.69, 9.17) is 4.74 Å². The van der Waals surface area contributed by atoms with Crippen molar-refractivity contribution in [1.29, 1.82) is 0 Å². The molecule has 2 N–H and O–H groups in total. The maximum Gasteiger partial charge on any atom is 0.226 e. The van der Waals surface area contributed by atoms with Crippen LogP contribution in [-0.2, 0) is 0 Å². The summed E-state index contributed by atoms with van der Waals surface area (Å²) < 4.78 is 5.12. The van der Waals surface area contributed by atoms with Gasteiger partial charge in [0.2, 0.25) is 11.8 Å². The third-order valence-corrected chi connectivity index (χ3v) is 2.93. The fourth-order valence-electron chi connectivity index (χ4n) is 1.95. The Hall–Kier alpha value is -1.62. The van der Waals surface area contributed by atoms with E-state index in [1.807, 2.05) is 13.0 Å². The summed E-state index contributed by atoms with van der Waals surface area (Å²) in [7, 11) is 1.62. The summed E-state index contributed by atoms with van der Waals surface area (Å²) in [5.41, 5.74) is 2.41. The van der Waals surface area contributed by atoms with E-state index < -0.39 is 0 Å². The molecule has 0 unspecified atom stereocenters. The van der Waals surface area contributed by atoms with E-state index in [0.29, 0.717) is 11.8 Å². The van der Waals surface area contributed by atoms with E-state index in [-0.39, 0.29) is 0 Å². The first-order valence-electron chi connectivity index (χ1n) is 6.30. The van der Waals surface area contributed by atoms with Crippen LogP contribution < -0.4 is 15.4 Å². The van der Waals surface area contributed by atoms with Crippen LogP contribution >= 0.6 is 0 Å². The Morgan fingerprint density at radius 1 is 1.44 bits per heavy atom. The monoisotopic (exact) mass is 248 g/mol. The topological polar surface area (TPSA) is 59.1 Å². The van der Waals surface area contributed by atoms with Crippen molar-refractivity contribution in [2.45, 2.75) is 19.8 Å². The van der Waals surface area contributed by atoms with Gasteiger partial charge in [-0.3, -0.25) is 0 Å². The second-order valence-corrected chi connectivity index (χ2v) is 4.37. The molecular weight excluding hydrogens is 228 g/mol. The third-order valence-electron chi connectivity index (χ3n) is 2.93. The molecule has 0 atom stereocenters. The zero-order chi connectivity index (χ0) is 12.8. The number of hydrogen-bond donors (Lipinski definition) is 2. The lowest BCUT2D eigenvalue weighted by Gasteiger charge is -2.14. The van der Waals surface area contributed by atoms with Gasteiger partial charge in [0.15, 0.2) is 0 Å². The molecule has 0 bridgehead atoms. The van der Waals surface area contributed by atoms with Crippen molar-refractivity contribution >= 4 is 5.95 Å². The van der Waals surface area contributed by atoms with E-state index >= 15 is 0 Å². The quantitative estimate of drug-likeness (QED) is 0.774. The first-order chi connectivity index (χ1) is 8.78. The molecule has 1 aromatic heterocycles. The molecule has 1 aliphatic rings. The molecule has 0 radical (unpaired) electrons. The minimum atomic E-state index is 0.603. The van der Waals surface area contributed by atoms with Gasteiger partial charge in [0.25, 0.3) is 0 Å². The molecular formula is C13H20N4O. The van der Waals surface area contributed by atoms with Crippen molar-refractivity contribution in [3.63, 3.8) is 0 Å². The van der Waals surface area contributed by atoms with Gasteiger partial charge in [0.1, 0.15) is 0 Å². The second kappa shape index (κ2) is 6.35. The van der Waals surface area contributed by atoms with Crippen LogP contribution in [0, 0.1) is 6.92 Å². The molecule has 2 rings (SSSR count). The number of aryl methyl sites for hydroxylation is 1. The Balaban J connectivity index is 1.86. The van der Waals surface area contributed by atoms with E-state index in [9.17, 15) is 0 Å². The first-order valence-corrected chi connectivity index (χ1v) is 6.30. The predicted octanol–water partition coefficient (Wildman–Crippen LogP) is 1.52. The van der Waals surface area contributed by atoms with Gasteiger partial charge in [-0.1, -0.05) is 11.6 Å². The van der Waals surface area contributed by atoms with Gasteiger partial charge in [0, 0.05) is 24.8 Å². The number of nitrogens with one attached hydrogen (secondary N) is 2. The van der Waals surface area contributed by atoms with Crippen LogP contribution in [0.2, 0.25) is 0 Å². The van der Waals surface area contributed by atoms with Crippen molar-refractivity contribution in [2.75, 3.05) is 32.1 Å². The lowest BCUT2D eigenvalue weighted by molar-refractivity contribution is 0.397. The Morgan fingerprint density at radius 2 is 2.33 bits per heavy atom. The Kier molecular flexibility index (Phi) is 4.52. The number of aromatic nitrogens is 2. The van der Waals surface area contributed by atoms with Crippen molar-refractivity contribution < 1.29 is 4.74 Å². The minimum absolute atomic E-state index is 0.603. The SMILES string of the molecule is COc1cc(C)nc(NCCC2=CCNCC2)n1. The molecule has 98 valence electrons. The number of ether oxygens (including phenoxy) is 1. The molecule has 0 fully saturated rings. The number of methoxy groups -OCH3 is 1. The van der Waals surface area contributed by atoms with Crippen LogP contribution in [0.4, 0.5) is 5.95 Å². The summed E-state index contributed by atoms with van der Waals surface area (Å²) in [6.07, 6.45) is 4.45. The van der Waals surface area contributed by atoms with Crippen molar-refractivity contribution in [3.8, 4) is 5.88 Å². The molecule has 0 saturated carbocycles. The third kappa shape index (κ3) is 3.70. The molecule has 0 amide bonds. The van der Waals surface area contributed by atoms with Gasteiger partial charge in [-0.25, -0.2) is 4.98 Å². The van der Waals surface area contributed by atoms with E-state index in [1.54, 1.807) is 7.11 Å². The van der Waals surface area contributed by atoms with E-state index in [1.165, 1.54) is 5.57 Å². The standard InChI is InChI=1S/C13H20N4O/c1-10-9-12(18-2)17-13(16-10)15-8-5-11-3-6-14-7-4-11/h3,9,14H,4-8H2,1-2H3,(H,15,16,17). The summed E-state index contributed by atoms with van der Waals surface area (Å²) in [5, 5.41) is 6.55. The van der Waals surface area contributed by atoms with Gasteiger partial charge in [-0.05, 0) is 26.3 Å². The lowest BCUT2D eigenvalue weighted by Crippen LogP contribution is -2.21. The summed E-state index contributed by atoms with van der Waals surface area (Å²) in [4.78, 5) is 8.59. The number of nitrogens with zero attached hydrogens (tertiary/aromatic N) is 2. The van der Waals surface area contributed by atoms with Gasteiger partial charge in [-0.2, -0.15) is 4.98 Å². The average Bonchev–Trinajstić information content (AvgIpc) is 2.39. The Bertz CT molecular complexity index is 431. The smallest absolute Gasteiger partial charge is 0.226 e. The van der Waals surface area contributed by atoms with Gasteiger partial charge >= 0.3 is 0 Å². The van der Waals surface area contributed by atoms with Crippen LogP contribution in [0.15, 0.2) is 17.7 Å². The van der Waals surface area contributed by atoms with E-state index in [2.05, 4.69) is 26.7 Å². The molecule has 5 nitrogen and oxygen atoms in total. The first kappa shape index (κ1) is 12.8. The van der Waals surface area contributed by atoms with Crippen LogP contribution in [0.3, 0.4) is 0 Å².